The second-order valence-electron chi connectivity index (χ2n) is 9.66. The minimum absolute atomic E-state index is 0.0456. The summed E-state index contributed by atoms with van der Waals surface area (Å²) in [6, 6.07) is 5.58. The quantitative estimate of drug-likeness (QED) is 0.378. The Balaban J connectivity index is 1.60. The zero-order valence-corrected chi connectivity index (χ0v) is 18.9. The van der Waals surface area contributed by atoms with E-state index in [0.717, 1.165) is 18.4 Å². The van der Waals surface area contributed by atoms with Crippen LogP contribution in [0.1, 0.15) is 57.2 Å². The third-order valence-corrected chi connectivity index (χ3v) is 6.86. The van der Waals surface area contributed by atoms with Crippen molar-refractivity contribution in [2.45, 2.75) is 88.7 Å². The number of ether oxygens (including phenoxy) is 2. The summed E-state index contributed by atoms with van der Waals surface area (Å²) in [4.78, 5) is 17.3. The van der Waals surface area contributed by atoms with Gasteiger partial charge in [0.2, 0.25) is 5.79 Å². The second-order valence-corrected chi connectivity index (χ2v) is 9.66. The smallest absolute Gasteiger partial charge is 0.343 e. The predicted molar refractivity (Wildman–Crippen MR) is 117 cm³/mol. The molecular weight excluding hydrogens is 430 g/mol. The molecule has 9 nitrogen and oxygen atoms in total. The molecule has 33 heavy (non-hydrogen) atoms. The van der Waals surface area contributed by atoms with Crippen molar-refractivity contribution in [1.82, 2.24) is 4.98 Å². The summed E-state index contributed by atoms with van der Waals surface area (Å²) in [5, 5.41) is 52.9. The van der Waals surface area contributed by atoms with Crippen LogP contribution in [0, 0.1) is 5.92 Å². The molecular formula is C24H32NO8-. The first-order chi connectivity index (χ1) is 15.6. The summed E-state index contributed by atoms with van der Waals surface area (Å²) in [5.41, 5.74) is -0.0637. The van der Waals surface area contributed by atoms with Crippen LogP contribution in [0.4, 0.5) is 0 Å². The molecule has 0 amide bonds. The Labute approximate surface area is 192 Å². The Hall–Kier alpha value is -2.01. The lowest BCUT2D eigenvalue weighted by Gasteiger charge is -2.39. The number of benzene rings is 1. The minimum Gasteiger partial charge on any atom is -0.656 e. The van der Waals surface area contributed by atoms with Crippen molar-refractivity contribution >= 4 is 16.9 Å². The molecule has 182 valence electrons. The number of aliphatic hydroxyl groups excluding tert-OH is 3. The van der Waals surface area contributed by atoms with Crippen molar-refractivity contribution in [3.63, 3.8) is 0 Å². The number of nitrogens with zero attached hydrogens (tertiary/aromatic N) is 1. The van der Waals surface area contributed by atoms with Gasteiger partial charge >= 0.3 is 5.97 Å². The van der Waals surface area contributed by atoms with Crippen molar-refractivity contribution < 1.29 is 39.8 Å². The molecule has 2 fully saturated rings. The van der Waals surface area contributed by atoms with E-state index >= 15 is 0 Å². The fourth-order valence-electron chi connectivity index (χ4n) is 4.83. The Bertz CT molecular complexity index is 1010. The van der Waals surface area contributed by atoms with Gasteiger partial charge in [0.1, 0.15) is 23.6 Å². The lowest BCUT2D eigenvalue weighted by atomic mass is 9.86. The van der Waals surface area contributed by atoms with E-state index in [2.05, 4.69) is 18.8 Å². The van der Waals surface area contributed by atoms with E-state index in [-0.39, 0.29) is 24.3 Å². The number of hydrogen-bond acceptors (Lipinski definition) is 8. The third-order valence-electron chi connectivity index (χ3n) is 6.86. The van der Waals surface area contributed by atoms with E-state index in [4.69, 9.17) is 9.47 Å². The molecule has 2 heterocycles. The molecule has 0 bridgehead atoms. The monoisotopic (exact) mass is 462 g/mol. The number of rotatable bonds is 7. The van der Waals surface area contributed by atoms with Gasteiger partial charge in [0, 0.05) is 5.39 Å². The van der Waals surface area contributed by atoms with E-state index in [9.17, 15) is 30.3 Å². The van der Waals surface area contributed by atoms with Crippen LogP contribution in [0.2, 0.25) is 0 Å². The molecule has 1 saturated carbocycles. The Morgan fingerprint density at radius 2 is 1.94 bits per heavy atom. The summed E-state index contributed by atoms with van der Waals surface area (Å²) in [5.74, 6) is -2.99. The summed E-state index contributed by atoms with van der Waals surface area (Å²) < 4.78 is 10.9. The summed E-state index contributed by atoms with van der Waals surface area (Å²) in [6.45, 7) is 3.79. The van der Waals surface area contributed by atoms with Gasteiger partial charge in [-0.2, -0.15) is 0 Å². The largest absolute Gasteiger partial charge is 0.656 e. The molecule has 1 aliphatic carbocycles. The molecule has 0 radical (unpaired) electrons. The molecule has 9 heteroatoms. The van der Waals surface area contributed by atoms with Gasteiger partial charge in [0.25, 0.3) is 0 Å². The van der Waals surface area contributed by atoms with Crippen LogP contribution >= 0.6 is 0 Å². The molecule has 2 aliphatic rings. The number of hydrogen-bond donors (Lipinski definition) is 5. The normalized spacial score (nSPS) is 29.3. The Morgan fingerprint density at radius 1 is 1.24 bits per heavy atom. The number of fused-ring (bicyclic) bond motifs is 1. The topological polar surface area (TPSA) is 151 Å². The van der Waals surface area contributed by atoms with E-state index in [1.807, 2.05) is 12.1 Å². The maximum absolute atomic E-state index is 13.0. The van der Waals surface area contributed by atoms with E-state index < -0.39 is 42.3 Å². The summed E-state index contributed by atoms with van der Waals surface area (Å²) >= 11 is 0. The zero-order chi connectivity index (χ0) is 24.0. The van der Waals surface area contributed by atoms with Crippen LogP contribution in [0.3, 0.4) is 0 Å². The molecule has 4 atom stereocenters. The van der Waals surface area contributed by atoms with Crippen LogP contribution in [-0.2, 0) is 22.6 Å². The average molecular weight is 463 g/mol. The van der Waals surface area contributed by atoms with Crippen molar-refractivity contribution in [1.29, 1.82) is 0 Å². The number of carbonyl (C=O) groups is 1. The van der Waals surface area contributed by atoms with Gasteiger partial charge in [-0.15, -0.1) is 5.52 Å². The van der Waals surface area contributed by atoms with Crippen LogP contribution in [0.15, 0.2) is 18.2 Å². The van der Waals surface area contributed by atoms with Crippen LogP contribution in [-0.4, -0.2) is 61.2 Å². The van der Waals surface area contributed by atoms with E-state index in [1.165, 1.54) is 0 Å². The lowest BCUT2D eigenvalue weighted by molar-refractivity contribution is -0.313. The summed E-state index contributed by atoms with van der Waals surface area (Å²) in [6.07, 6.45) is -2.07. The molecule has 4 rings (SSSR count). The SMILES string of the molecule is CC(C)CCc1ccc2[n-]c(CO)c(OC(=O)[C@@H]3O[C@@](O)(C4(O)CCCC4)[C@H](O)[C@H]3O)c2c1. The molecule has 1 aromatic heterocycles. The third kappa shape index (κ3) is 4.18. The van der Waals surface area contributed by atoms with Gasteiger partial charge in [-0.05, 0) is 43.2 Å². The lowest BCUT2D eigenvalue weighted by Crippen LogP contribution is -2.60. The van der Waals surface area contributed by atoms with Gasteiger partial charge in [0.15, 0.2) is 6.10 Å². The standard InChI is InChI=1S/C24H32NO8/c1-13(2)5-6-14-7-8-16-15(11-14)19(17(12-26)25-16)32-22(29)20-18(27)21(28)24(31,33-20)23(30)9-3-4-10-23/h7-8,11,13,18,20-21,26-28,30-31H,3-6,9-10,12H2,1-2H3/q-1/t18-,20+,21+,24+/m0/s1. The fourth-order valence-corrected chi connectivity index (χ4v) is 4.83. The average Bonchev–Trinajstić information content (AvgIpc) is 3.45. The van der Waals surface area contributed by atoms with Gasteiger partial charge in [-0.25, -0.2) is 4.79 Å². The van der Waals surface area contributed by atoms with Gasteiger partial charge < -0.3 is 40.0 Å². The van der Waals surface area contributed by atoms with Crippen molar-refractivity contribution in [2.75, 3.05) is 0 Å². The second kappa shape index (κ2) is 8.98. The number of aromatic nitrogens is 1. The fraction of sp³-hybridized carbons (Fsp3) is 0.625. The number of carbonyl (C=O) groups excluding carboxylic acids is 1. The first kappa shape index (κ1) is 24.1. The molecule has 1 saturated heterocycles. The first-order valence-electron chi connectivity index (χ1n) is 11.5. The number of aliphatic hydroxyl groups is 5. The van der Waals surface area contributed by atoms with Gasteiger partial charge in [-0.1, -0.05) is 44.5 Å². The van der Waals surface area contributed by atoms with Gasteiger partial charge in [0.05, 0.1) is 6.61 Å². The van der Waals surface area contributed by atoms with Crippen LogP contribution in [0.25, 0.3) is 10.9 Å². The van der Waals surface area contributed by atoms with E-state index in [0.29, 0.717) is 29.7 Å². The maximum atomic E-state index is 13.0. The van der Waals surface area contributed by atoms with E-state index in [1.54, 1.807) is 6.07 Å². The molecule has 0 spiro atoms. The molecule has 1 aliphatic heterocycles. The highest BCUT2D eigenvalue weighted by atomic mass is 16.7. The summed E-state index contributed by atoms with van der Waals surface area (Å²) in [7, 11) is 0. The highest BCUT2D eigenvalue weighted by Gasteiger charge is 2.66. The Kier molecular flexibility index (Phi) is 6.56. The zero-order valence-electron chi connectivity index (χ0n) is 18.9. The minimum atomic E-state index is -2.50. The van der Waals surface area contributed by atoms with Crippen molar-refractivity contribution in [3.8, 4) is 5.75 Å². The first-order valence-corrected chi connectivity index (χ1v) is 11.5. The highest BCUT2D eigenvalue weighted by molar-refractivity contribution is 5.91. The Morgan fingerprint density at radius 3 is 2.58 bits per heavy atom. The van der Waals surface area contributed by atoms with Crippen LogP contribution < -0.4 is 9.72 Å². The van der Waals surface area contributed by atoms with Crippen molar-refractivity contribution in [3.05, 3.63) is 29.5 Å². The van der Waals surface area contributed by atoms with Crippen LogP contribution in [0.5, 0.6) is 5.75 Å². The number of esters is 1. The predicted octanol–water partition coefficient (Wildman–Crippen LogP) is 0.898. The molecule has 2 aromatic rings. The molecule has 1 aromatic carbocycles. The van der Waals surface area contributed by atoms with Gasteiger partial charge in [-0.3, -0.25) is 0 Å². The molecule has 5 N–H and O–H groups in total. The molecule has 0 unspecified atom stereocenters. The highest BCUT2D eigenvalue weighted by Crippen LogP contribution is 2.46. The maximum Gasteiger partial charge on any atom is 0.343 e. The number of aryl methyl sites for hydroxylation is 1. The van der Waals surface area contributed by atoms with Crippen molar-refractivity contribution in [2.24, 2.45) is 5.92 Å².